The van der Waals surface area contributed by atoms with Crippen molar-refractivity contribution in [2.75, 3.05) is 6.61 Å². The second kappa shape index (κ2) is 4.11. The molecule has 1 fully saturated rings. The van der Waals surface area contributed by atoms with Crippen LogP contribution in [-0.2, 0) is 14.8 Å². The van der Waals surface area contributed by atoms with Crippen LogP contribution in [0.1, 0.15) is 41.9 Å². The van der Waals surface area contributed by atoms with Gasteiger partial charge in [-0.2, -0.15) is 5.10 Å². The van der Waals surface area contributed by atoms with Gasteiger partial charge in [-0.05, 0) is 19.8 Å². The summed E-state index contributed by atoms with van der Waals surface area (Å²) >= 11 is 0. The summed E-state index contributed by atoms with van der Waals surface area (Å²) in [7, 11) is -3.98. The van der Waals surface area contributed by atoms with Crippen molar-refractivity contribution >= 4 is 16.0 Å². The number of hydrogen-bond donors (Lipinski definition) is 2. The molecule has 0 radical (unpaired) electrons. The van der Waals surface area contributed by atoms with E-state index in [4.69, 9.17) is 9.88 Å². The zero-order chi connectivity index (χ0) is 12.6. The molecule has 0 aromatic carbocycles. The predicted molar refractivity (Wildman–Crippen MR) is 57.9 cm³/mol. The van der Waals surface area contributed by atoms with Crippen molar-refractivity contribution in [2.24, 2.45) is 5.14 Å². The number of rotatable bonds is 4. The monoisotopic (exact) mass is 259 g/mol. The van der Waals surface area contributed by atoms with Crippen molar-refractivity contribution in [3.05, 3.63) is 11.4 Å². The molecule has 0 amide bonds. The molecule has 7 nitrogen and oxygen atoms in total. The van der Waals surface area contributed by atoms with Crippen LogP contribution in [0.3, 0.4) is 0 Å². The van der Waals surface area contributed by atoms with Gasteiger partial charge < -0.3 is 4.74 Å². The molecule has 0 bridgehead atoms. The van der Waals surface area contributed by atoms with Gasteiger partial charge in [0.05, 0.1) is 12.3 Å². The van der Waals surface area contributed by atoms with E-state index in [1.165, 1.54) is 0 Å². The number of nitrogens with two attached hydrogens (primary N) is 1. The number of carbonyl (C=O) groups is 1. The standard InChI is InChI=1S/C9H13N3O4S/c1-2-16-9(13)7-8(17(10,14)15)6(11-12-7)5-3-4-5/h5H,2-4H2,1H3,(H,11,12)(H2,10,14,15). The van der Waals surface area contributed by atoms with Gasteiger partial charge in [-0.3, -0.25) is 5.10 Å². The summed E-state index contributed by atoms with van der Waals surface area (Å²) in [6.07, 6.45) is 1.74. The molecule has 3 N–H and O–H groups in total. The Kier molecular flexibility index (Phi) is 2.92. The molecule has 0 spiro atoms. The molecule has 1 saturated carbocycles. The molecule has 1 aliphatic rings. The molecular formula is C9H13N3O4S. The van der Waals surface area contributed by atoms with Crippen LogP contribution in [0.25, 0.3) is 0 Å². The molecule has 1 heterocycles. The quantitative estimate of drug-likeness (QED) is 0.745. The molecule has 0 aliphatic heterocycles. The number of primary sulfonamides is 1. The van der Waals surface area contributed by atoms with Crippen molar-refractivity contribution in [2.45, 2.75) is 30.6 Å². The summed E-state index contributed by atoms with van der Waals surface area (Å²) in [5, 5.41) is 11.4. The van der Waals surface area contributed by atoms with Crippen molar-refractivity contribution < 1.29 is 17.9 Å². The van der Waals surface area contributed by atoms with E-state index in [1.807, 2.05) is 0 Å². The summed E-state index contributed by atoms with van der Waals surface area (Å²) in [5.41, 5.74) is 0.159. The zero-order valence-electron chi connectivity index (χ0n) is 9.26. The van der Waals surface area contributed by atoms with E-state index in [2.05, 4.69) is 10.2 Å². The summed E-state index contributed by atoms with van der Waals surface area (Å²) < 4.78 is 27.7. The maximum Gasteiger partial charge on any atom is 0.360 e. The van der Waals surface area contributed by atoms with E-state index in [-0.39, 0.29) is 23.1 Å². The minimum absolute atomic E-state index is 0.0963. The van der Waals surface area contributed by atoms with Gasteiger partial charge in [0.15, 0.2) is 5.69 Å². The SMILES string of the molecule is CCOC(=O)c1n[nH]c(C2CC2)c1S(N)(=O)=O. The number of ether oxygens (including phenoxy) is 1. The lowest BCUT2D eigenvalue weighted by Gasteiger charge is -2.02. The summed E-state index contributed by atoms with van der Waals surface area (Å²) in [5.74, 6) is -0.682. The van der Waals surface area contributed by atoms with Gasteiger partial charge in [-0.25, -0.2) is 18.4 Å². The first-order valence-corrected chi connectivity index (χ1v) is 6.78. The lowest BCUT2D eigenvalue weighted by Crippen LogP contribution is -2.18. The first kappa shape index (κ1) is 12.1. The van der Waals surface area contributed by atoms with Gasteiger partial charge in [-0.15, -0.1) is 0 Å². The number of sulfonamides is 1. The van der Waals surface area contributed by atoms with Crippen LogP contribution in [0.4, 0.5) is 0 Å². The maximum atomic E-state index is 11.5. The fraction of sp³-hybridized carbons (Fsp3) is 0.556. The van der Waals surface area contributed by atoms with Crippen LogP contribution >= 0.6 is 0 Å². The zero-order valence-corrected chi connectivity index (χ0v) is 10.1. The molecule has 1 aliphatic carbocycles. The van der Waals surface area contributed by atoms with E-state index >= 15 is 0 Å². The Balaban J connectivity index is 2.49. The molecule has 17 heavy (non-hydrogen) atoms. The summed E-state index contributed by atoms with van der Waals surface area (Å²) in [6, 6.07) is 0. The molecule has 94 valence electrons. The molecule has 0 atom stereocenters. The average Bonchev–Trinajstić information content (AvgIpc) is 2.95. The Labute approximate surface area is 98.4 Å². The molecule has 1 aromatic rings. The molecule has 0 saturated heterocycles. The van der Waals surface area contributed by atoms with Crippen LogP contribution in [0.15, 0.2) is 4.90 Å². The number of aromatic amines is 1. The van der Waals surface area contributed by atoms with Crippen LogP contribution in [0.5, 0.6) is 0 Å². The minimum Gasteiger partial charge on any atom is -0.461 e. The van der Waals surface area contributed by atoms with Gasteiger partial charge in [0, 0.05) is 5.92 Å². The van der Waals surface area contributed by atoms with Gasteiger partial charge >= 0.3 is 5.97 Å². The van der Waals surface area contributed by atoms with E-state index in [1.54, 1.807) is 6.92 Å². The Bertz CT molecular complexity index is 545. The first-order chi connectivity index (χ1) is 7.95. The number of H-pyrrole nitrogens is 1. The third-order valence-corrected chi connectivity index (χ3v) is 3.47. The Morgan fingerprint density at radius 2 is 2.24 bits per heavy atom. The lowest BCUT2D eigenvalue weighted by molar-refractivity contribution is 0.0515. The Hall–Kier alpha value is -1.41. The number of hydrogen-bond acceptors (Lipinski definition) is 5. The molecular weight excluding hydrogens is 246 g/mol. The maximum absolute atomic E-state index is 11.5. The topological polar surface area (TPSA) is 115 Å². The Morgan fingerprint density at radius 1 is 1.59 bits per heavy atom. The first-order valence-electron chi connectivity index (χ1n) is 5.23. The van der Waals surface area contributed by atoms with Gasteiger partial charge in [0.2, 0.25) is 10.0 Å². The highest BCUT2D eigenvalue weighted by Gasteiger charge is 2.36. The Morgan fingerprint density at radius 3 is 2.71 bits per heavy atom. The number of nitrogens with one attached hydrogen (secondary N) is 1. The predicted octanol–water partition coefficient (Wildman–Crippen LogP) is 0.111. The van der Waals surface area contributed by atoms with Crippen LogP contribution < -0.4 is 5.14 Å². The second-order valence-electron chi connectivity index (χ2n) is 3.85. The highest BCUT2D eigenvalue weighted by atomic mass is 32.2. The van der Waals surface area contributed by atoms with Gasteiger partial charge in [0.1, 0.15) is 4.90 Å². The smallest absolute Gasteiger partial charge is 0.360 e. The highest BCUT2D eigenvalue weighted by molar-refractivity contribution is 7.89. The molecule has 0 unspecified atom stereocenters. The number of nitrogens with zero attached hydrogens (tertiary/aromatic N) is 1. The van der Waals surface area contributed by atoms with E-state index in [0.29, 0.717) is 5.69 Å². The molecule has 1 aromatic heterocycles. The van der Waals surface area contributed by atoms with Crippen molar-refractivity contribution in [3.8, 4) is 0 Å². The molecule has 2 rings (SSSR count). The van der Waals surface area contributed by atoms with Crippen LogP contribution in [0, 0.1) is 0 Å². The van der Waals surface area contributed by atoms with Gasteiger partial charge in [-0.1, -0.05) is 0 Å². The highest BCUT2D eigenvalue weighted by Crippen LogP contribution is 2.42. The normalized spacial score (nSPS) is 15.9. The second-order valence-corrected chi connectivity index (χ2v) is 5.35. The third kappa shape index (κ3) is 2.32. The molecule has 8 heteroatoms. The van der Waals surface area contributed by atoms with Crippen LogP contribution in [0.2, 0.25) is 0 Å². The van der Waals surface area contributed by atoms with Crippen LogP contribution in [-0.4, -0.2) is 31.2 Å². The largest absolute Gasteiger partial charge is 0.461 e. The minimum atomic E-state index is -3.98. The number of carbonyl (C=O) groups excluding carboxylic acids is 1. The van der Waals surface area contributed by atoms with E-state index in [9.17, 15) is 13.2 Å². The fourth-order valence-electron chi connectivity index (χ4n) is 1.62. The van der Waals surface area contributed by atoms with E-state index in [0.717, 1.165) is 12.8 Å². The van der Waals surface area contributed by atoms with Gasteiger partial charge in [0.25, 0.3) is 0 Å². The third-order valence-electron chi connectivity index (χ3n) is 2.49. The number of aromatic nitrogens is 2. The van der Waals surface area contributed by atoms with E-state index < -0.39 is 16.0 Å². The summed E-state index contributed by atoms with van der Waals surface area (Å²) in [6.45, 7) is 1.78. The average molecular weight is 259 g/mol. The van der Waals surface area contributed by atoms with Crippen molar-refractivity contribution in [1.82, 2.24) is 10.2 Å². The van der Waals surface area contributed by atoms with Crippen molar-refractivity contribution in [1.29, 1.82) is 0 Å². The fourth-order valence-corrected chi connectivity index (χ4v) is 2.54. The lowest BCUT2D eigenvalue weighted by atomic mass is 10.2. The summed E-state index contributed by atoms with van der Waals surface area (Å²) in [4.78, 5) is 11.3. The van der Waals surface area contributed by atoms with Crippen molar-refractivity contribution in [3.63, 3.8) is 0 Å². The number of esters is 1.